The van der Waals surface area contributed by atoms with Crippen molar-refractivity contribution in [2.75, 3.05) is 6.61 Å². The van der Waals surface area contributed by atoms with E-state index < -0.39 is 0 Å². The van der Waals surface area contributed by atoms with E-state index in [-0.39, 0.29) is 30.3 Å². The van der Waals surface area contributed by atoms with Crippen LogP contribution in [-0.2, 0) is 14.3 Å². The zero-order chi connectivity index (χ0) is 13.8. The summed E-state index contributed by atoms with van der Waals surface area (Å²) in [7, 11) is 0. The highest BCUT2D eigenvalue weighted by atomic mass is 16.5. The summed E-state index contributed by atoms with van der Waals surface area (Å²) in [5, 5.41) is 3.27. The van der Waals surface area contributed by atoms with Crippen molar-refractivity contribution >= 4 is 5.91 Å². The third-order valence-electron chi connectivity index (χ3n) is 3.77. The quantitative estimate of drug-likeness (QED) is 0.722. The number of amides is 1. The van der Waals surface area contributed by atoms with E-state index in [1.54, 1.807) is 0 Å². The molecule has 0 aromatic rings. The lowest BCUT2D eigenvalue weighted by atomic mass is 10.0. The van der Waals surface area contributed by atoms with Crippen LogP contribution in [0.2, 0.25) is 0 Å². The van der Waals surface area contributed by atoms with Crippen LogP contribution in [0, 0.1) is 0 Å². The van der Waals surface area contributed by atoms with E-state index in [2.05, 4.69) is 19.2 Å². The van der Waals surface area contributed by atoms with E-state index in [9.17, 15) is 4.79 Å². The molecule has 1 aliphatic carbocycles. The number of nitrogens with one attached hydrogen (secondary N) is 1. The third-order valence-corrected chi connectivity index (χ3v) is 3.77. The number of hydrogen-bond acceptors (Lipinski definition) is 4. The van der Waals surface area contributed by atoms with E-state index in [0.29, 0.717) is 19.1 Å². The van der Waals surface area contributed by atoms with Crippen molar-refractivity contribution in [1.82, 2.24) is 5.32 Å². The second kappa shape index (κ2) is 6.68. The van der Waals surface area contributed by atoms with Gasteiger partial charge in [0.05, 0.1) is 24.4 Å². The monoisotopic (exact) mass is 270 g/mol. The van der Waals surface area contributed by atoms with Crippen molar-refractivity contribution in [1.29, 1.82) is 0 Å². The van der Waals surface area contributed by atoms with Crippen LogP contribution in [0.3, 0.4) is 0 Å². The van der Waals surface area contributed by atoms with Gasteiger partial charge >= 0.3 is 0 Å². The Morgan fingerprint density at radius 2 is 2.00 bits per heavy atom. The molecule has 1 saturated heterocycles. The molecule has 110 valence electrons. The first-order valence-electron chi connectivity index (χ1n) is 7.37. The summed E-state index contributed by atoms with van der Waals surface area (Å²) < 4.78 is 11.6. The molecule has 19 heavy (non-hydrogen) atoms. The zero-order valence-corrected chi connectivity index (χ0v) is 11.9. The Bertz CT molecular complexity index is 297. The number of carbonyl (C=O) groups is 1. The first kappa shape index (κ1) is 14.8. The Kier molecular flexibility index (Phi) is 5.19. The smallest absolute Gasteiger partial charge is 0.234 e. The minimum Gasteiger partial charge on any atom is -0.378 e. The average Bonchev–Trinajstić information content (AvgIpc) is 3.10. The summed E-state index contributed by atoms with van der Waals surface area (Å²) in [5.41, 5.74) is 5.40. The fourth-order valence-electron chi connectivity index (χ4n) is 2.68. The summed E-state index contributed by atoms with van der Waals surface area (Å²) in [6.45, 7) is 4.73. The predicted octanol–water partition coefficient (Wildman–Crippen LogP) is 0.955. The second-order valence-corrected chi connectivity index (χ2v) is 5.91. The van der Waals surface area contributed by atoms with Gasteiger partial charge in [0.25, 0.3) is 0 Å². The fraction of sp³-hybridized carbons (Fsp3) is 0.929. The van der Waals surface area contributed by atoms with Gasteiger partial charge in [-0.15, -0.1) is 0 Å². The molecule has 1 amide bonds. The van der Waals surface area contributed by atoms with Crippen LogP contribution < -0.4 is 11.1 Å². The maximum atomic E-state index is 11.3. The molecule has 2 fully saturated rings. The lowest BCUT2D eigenvalue weighted by Crippen LogP contribution is -2.43. The van der Waals surface area contributed by atoms with Crippen molar-refractivity contribution in [2.45, 2.75) is 76.3 Å². The second-order valence-electron chi connectivity index (χ2n) is 5.91. The van der Waals surface area contributed by atoms with Gasteiger partial charge in [0.15, 0.2) is 0 Å². The van der Waals surface area contributed by atoms with Crippen molar-refractivity contribution in [2.24, 2.45) is 5.73 Å². The van der Waals surface area contributed by atoms with E-state index in [0.717, 1.165) is 25.7 Å². The van der Waals surface area contributed by atoms with Crippen LogP contribution in [-0.4, -0.2) is 42.9 Å². The molecule has 1 heterocycles. The molecule has 5 nitrogen and oxygen atoms in total. The van der Waals surface area contributed by atoms with Crippen molar-refractivity contribution in [3.8, 4) is 0 Å². The van der Waals surface area contributed by atoms with Gasteiger partial charge in [-0.05, 0) is 46.0 Å². The molecule has 3 atom stereocenters. The lowest BCUT2D eigenvalue weighted by molar-refractivity contribution is -0.122. The highest BCUT2D eigenvalue weighted by molar-refractivity contribution is 5.79. The predicted molar refractivity (Wildman–Crippen MR) is 72.7 cm³/mol. The van der Waals surface area contributed by atoms with Gasteiger partial charge in [0.2, 0.25) is 5.91 Å². The zero-order valence-electron chi connectivity index (χ0n) is 11.9. The highest BCUT2D eigenvalue weighted by Crippen LogP contribution is 2.22. The highest BCUT2D eigenvalue weighted by Gasteiger charge is 2.28. The van der Waals surface area contributed by atoms with Crippen LogP contribution in [0.5, 0.6) is 0 Å². The largest absolute Gasteiger partial charge is 0.378 e. The first-order chi connectivity index (χ1) is 9.04. The Balaban J connectivity index is 1.67. The summed E-state index contributed by atoms with van der Waals surface area (Å²) in [5.74, 6) is -0.274. The number of carbonyl (C=O) groups excluding carboxylic acids is 1. The van der Waals surface area contributed by atoms with Crippen molar-refractivity contribution in [3.63, 3.8) is 0 Å². The Morgan fingerprint density at radius 3 is 2.53 bits per heavy atom. The molecule has 3 N–H and O–H groups in total. The minimum atomic E-state index is -0.274. The van der Waals surface area contributed by atoms with E-state index in [4.69, 9.17) is 15.2 Å². The summed E-state index contributed by atoms with van der Waals surface area (Å²) >= 11 is 0. The molecular weight excluding hydrogens is 244 g/mol. The molecule has 5 heteroatoms. The maximum absolute atomic E-state index is 11.3. The average molecular weight is 270 g/mol. The number of primary amides is 1. The SMILES string of the molecule is CC1CC(OCCC(NC2CC2)C(N)=O)CC(C)O1. The van der Waals surface area contributed by atoms with E-state index in [1.165, 1.54) is 0 Å². The summed E-state index contributed by atoms with van der Waals surface area (Å²) in [4.78, 5) is 11.3. The molecule has 1 saturated carbocycles. The van der Waals surface area contributed by atoms with Gasteiger partial charge in [0, 0.05) is 12.6 Å². The lowest BCUT2D eigenvalue weighted by Gasteiger charge is -2.32. The molecule has 0 bridgehead atoms. The Labute approximate surface area is 115 Å². The molecule has 2 aliphatic rings. The van der Waals surface area contributed by atoms with Gasteiger partial charge in [0.1, 0.15) is 0 Å². The number of rotatable bonds is 7. The van der Waals surface area contributed by atoms with Crippen molar-refractivity contribution in [3.05, 3.63) is 0 Å². The number of ether oxygens (including phenoxy) is 2. The fourth-order valence-corrected chi connectivity index (χ4v) is 2.68. The number of hydrogen-bond donors (Lipinski definition) is 2. The van der Waals surface area contributed by atoms with Crippen LogP contribution in [0.15, 0.2) is 0 Å². The molecule has 0 radical (unpaired) electrons. The molecule has 0 spiro atoms. The first-order valence-corrected chi connectivity index (χ1v) is 7.37. The van der Waals surface area contributed by atoms with Gasteiger partial charge in [-0.3, -0.25) is 4.79 Å². The van der Waals surface area contributed by atoms with E-state index >= 15 is 0 Å². The third kappa shape index (κ3) is 5.09. The Hall–Kier alpha value is -0.650. The Morgan fingerprint density at radius 1 is 1.37 bits per heavy atom. The van der Waals surface area contributed by atoms with Gasteiger partial charge in [-0.2, -0.15) is 0 Å². The van der Waals surface area contributed by atoms with E-state index in [1.807, 2.05) is 0 Å². The maximum Gasteiger partial charge on any atom is 0.234 e. The van der Waals surface area contributed by atoms with Gasteiger partial charge in [-0.25, -0.2) is 0 Å². The number of nitrogens with two attached hydrogens (primary N) is 1. The minimum absolute atomic E-state index is 0.244. The standard InChI is InChI=1S/C14H26N2O3/c1-9-7-12(8-10(2)19-9)18-6-5-13(14(15)17)16-11-3-4-11/h9-13,16H,3-8H2,1-2H3,(H2,15,17). The molecule has 2 rings (SSSR count). The van der Waals surface area contributed by atoms with Crippen LogP contribution in [0.1, 0.15) is 46.0 Å². The topological polar surface area (TPSA) is 73.6 Å². The van der Waals surface area contributed by atoms with Crippen LogP contribution in [0.25, 0.3) is 0 Å². The normalized spacial score (nSPS) is 33.1. The summed E-state index contributed by atoms with van der Waals surface area (Å²) in [6, 6.07) is 0.239. The molecule has 0 aromatic carbocycles. The molecule has 3 unspecified atom stereocenters. The summed E-state index contributed by atoms with van der Waals surface area (Å²) in [6.07, 6.45) is 5.58. The molecular formula is C14H26N2O3. The van der Waals surface area contributed by atoms with Gasteiger partial charge in [-0.1, -0.05) is 0 Å². The van der Waals surface area contributed by atoms with Crippen LogP contribution >= 0.6 is 0 Å². The van der Waals surface area contributed by atoms with Crippen molar-refractivity contribution < 1.29 is 14.3 Å². The molecule has 0 aromatic heterocycles. The van der Waals surface area contributed by atoms with Gasteiger partial charge < -0.3 is 20.5 Å². The van der Waals surface area contributed by atoms with Crippen LogP contribution in [0.4, 0.5) is 0 Å². The molecule has 1 aliphatic heterocycles.